The predicted octanol–water partition coefficient (Wildman–Crippen LogP) is 2.19. The number of hydrogen-bond acceptors (Lipinski definition) is 9. The first-order valence-corrected chi connectivity index (χ1v) is 9.78. The number of carbonyl (C=O) groups excluding carboxylic acids is 1. The van der Waals surface area contributed by atoms with Gasteiger partial charge in [0.25, 0.3) is 5.95 Å². The maximum Gasteiger partial charge on any atom is 0.264 e. The van der Waals surface area contributed by atoms with Gasteiger partial charge in [-0.25, -0.2) is 10.1 Å². The van der Waals surface area contributed by atoms with E-state index in [0.717, 1.165) is 17.3 Å². The maximum atomic E-state index is 12.2. The Balaban J connectivity index is 1.53. The van der Waals surface area contributed by atoms with Gasteiger partial charge in [0.15, 0.2) is 11.5 Å². The van der Waals surface area contributed by atoms with E-state index in [1.165, 1.54) is 11.8 Å². The van der Waals surface area contributed by atoms with Gasteiger partial charge in [-0.3, -0.25) is 4.79 Å². The highest BCUT2D eigenvalue weighted by Gasteiger charge is 2.13. The van der Waals surface area contributed by atoms with Crippen LogP contribution < -0.4 is 26.1 Å². The molecule has 2 aromatic carbocycles. The molecule has 0 atom stereocenters. The van der Waals surface area contributed by atoms with Gasteiger partial charge < -0.3 is 20.6 Å². The maximum absolute atomic E-state index is 12.2. The van der Waals surface area contributed by atoms with Gasteiger partial charge in [0.1, 0.15) is 0 Å². The quantitative estimate of drug-likeness (QED) is 0.205. The van der Waals surface area contributed by atoms with Crippen molar-refractivity contribution in [1.82, 2.24) is 14.9 Å². The summed E-state index contributed by atoms with van der Waals surface area (Å²) in [6.07, 6.45) is 1.64. The second kappa shape index (κ2) is 10.2. The number of nitrogens with zero attached hydrogens (tertiary/aromatic N) is 4. The molecular weight excluding hydrogens is 406 g/mol. The molecule has 1 heterocycles. The lowest BCUT2D eigenvalue weighted by molar-refractivity contribution is -0.113. The lowest BCUT2D eigenvalue weighted by Gasteiger charge is -2.10. The Bertz CT molecular complexity index is 1020. The molecule has 10 nitrogen and oxygen atoms in total. The molecule has 11 heteroatoms. The summed E-state index contributed by atoms with van der Waals surface area (Å²) in [7, 11) is 3.08. The molecule has 156 valence electrons. The zero-order chi connectivity index (χ0) is 21.3. The third-order valence-corrected chi connectivity index (χ3v) is 4.79. The Morgan fingerprint density at radius 2 is 1.93 bits per heavy atom. The van der Waals surface area contributed by atoms with Crippen LogP contribution in [0.4, 0.5) is 11.6 Å². The van der Waals surface area contributed by atoms with Gasteiger partial charge >= 0.3 is 0 Å². The van der Waals surface area contributed by atoms with Crippen LogP contribution in [0.5, 0.6) is 11.5 Å². The number of methoxy groups -OCH3 is 2. The van der Waals surface area contributed by atoms with Crippen molar-refractivity contribution in [3.63, 3.8) is 0 Å². The van der Waals surface area contributed by atoms with Crippen LogP contribution in [0.15, 0.2) is 58.8 Å². The van der Waals surface area contributed by atoms with Crippen molar-refractivity contribution in [3.8, 4) is 11.5 Å². The molecule has 0 aliphatic carbocycles. The van der Waals surface area contributed by atoms with E-state index in [9.17, 15) is 4.79 Å². The molecule has 0 radical (unpaired) electrons. The number of aromatic nitrogens is 3. The minimum Gasteiger partial charge on any atom is -0.493 e. The van der Waals surface area contributed by atoms with Crippen LogP contribution in [-0.2, 0) is 4.79 Å². The predicted molar refractivity (Wildman–Crippen MR) is 117 cm³/mol. The average molecular weight is 427 g/mol. The smallest absolute Gasteiger partial charge is 0.264 e. The Morgan fingerprint density at radius 1 is 1.17 bits per heavy atom. The molecule has 0 bridgehead atoms. The van der Waals surface area contributed by atoms with Gasteiger partial charge in [-0.05, 0) is 17.7 Å². The highest BCUT2D eigenvalue weighted by molar-refractivity contribution is 7.99. The Kier molecular flexibility index (Phi) is 7.11. The number of hydrogen-bond donors (Lipinski definition) is 3. The number of carbonyl (C=O) groups is 1. The minimum absolute atomic E-state index is 0.0942. The van der Waals surface area contributed by atoms with Crippen molar-refractivity contribution in [2.45, 2.75) is 5.16 Å². The van der Waals surface area contributed by atoms with E-state index >= 15 is 0 Å². The van der Waals surface area contributed by atoms with E-state index in [1.54, 1.807) is 31.5 Å². The minimum atomic E-state index is -0.230. The lowest BCUT2D eigenvalue weighted by atomic mass is 10.2. The van der Waals surface area contributed by atoms with Crippen molar-refractivity contribution in [2.24, 2.45) is 5.10 Å². The summed E-state index contributed by atoms with van der Waals surface area (Å²) in [5.74, 6) is 7.19. The van der Waals surface area contributed by atoms with Crippen molar-refractivity contribution in [3.05, 3.63) is 54.1 Å². The van der Waals surface area contributed by atoms with Crippen LogP contribution in [0.2, 0.25) is 0 Å². The van der Waals surface area contributed by atoms with Crippen LogP contribution in [0, 0.1) is 0 Å². The second-order valence-corrected chi connectivity index (χ2v) is 6.81. The van der Waals surface area contributed by atoms with E-state index in [0.29, 0.717) is 22.3 Å². The molecule has 0 saturated carbocycles. The fourth-order valence-electron chi connectivity index (χ4n) is 2.40. The summed E-state index contributed by atoms with van der Waals surface area (Å²) in [5.41, 5.74) is 4.24. The third kappa shape index (κ3) is 5.41. The van der Waals surface area contributed by atoms with Crippen molar-refractivity contribution >= 4 is 35.5 Å². The molecule has 30 heavy (non-hydrogen) atoms. The number of nitrogen functional groups attached to an aromatic ring is 1. The Hall–Kier alpha value is -3.73. The topological polar surface area (TPSA) is 129 Å². The summed E-state index contributed by atoms with van der Waals surface area (Å²) in [6, 6.07) is 14.7. The standard InChI is InChI=1S/C19H21N7O3S/c1-28-15-9-8-14(10-16(15)29-2)22-17(27)12-30-19-25-24-18(26(19)20)23-21-11-13-6-4-3-5-7-13/h3-11H,12,20H2,1-2H3,(H,22,27)(H,23,24)/b21-11+. The third-order valence-electron chi connectivity index (χ3n) is 3.84. The first kappa shape index (κ1) is 21.0. The van der Waals surface area contributed by atoms with Crippen LogP contribution in [0.1, 0.15) is 5.56 Å². The number of hydrazone groups is 1. The summed E-state index contributed by atoms with van der Waals surface area (Å²) < 4.78 is 11.6. The monoisotopic (exact) mass is 427 g/mol. The highest BCUT2D eigenvalue weighted by Crippen LogP contribution is 2.29. The lowest BCUT2D eigenvalue weighted by Crippen LogP contribution is -2.17. The van der Waals surface area contributed by atoms with Crippen LogP contribution in [-0.4, -0.2) is 47.0 Å². The molecule has 0 aliphatic rings. The molecule has 0 saturated heterocycles. The number of amides is 1. The Morgan fingerprint density at radius 3 is 2.67 bits per heavy atom. The zero-order valence-electron chi connectivity index (χ0n) is 16.4. The molecule has 3 aromatic rings. The summed E-state index contributed by atoms with van der Waals surface area (Å²) in [5, 5.41) is 15.1. The molecular formula is C19H21N7O3S. The summed E-state index contributed by atoms with van der Waals surface area (Å²) in [6.45, 7) is 0. The Labute approximate surface area is 177 Å². The fourth-order valence-corrected chi connectivity index (χ4v) is 3.05. The summed E-state index contributed by atoms with van der Waals surface area (Å²) >= 11 is 1.15. The number of ether oxygens (including phenoxy) is 2. The number of rotatable bonds is 9. The van der Waals surface area contributed by atoms with E-state index in [4.69, 9.17) is 15.3 Å². The average Bonchev–Trinajstić information content (AvgIpc) is 3.12. The van der Waals surface area contributed by atoms with Gasteiger partial charge in [0.2, 0.25) is 11.1 Å². The van der Waals surface area contributed by atoms with Crippen LogP contribution in [0.3, 0.4) is 0 Å². The molecule has 1 aromatic heterocycles. The normalized spacial score (nSPS) is 10.7. The van der Waals surface area contributed by atoms with E-state index < -0.39 is 0 Å². The van der Waals surface area contributed by atoms with Crippen LogP contribution >= 0.6 is 11.8 Å². The molecule has 0 fully saturated rings. The van der Waals surface area contributed by atoms with Gasteiger partial charge in [0, 0.05) is 11.8 Å². The molecule has 0 unspecified atom stereocenters. The number of nitrogens with one attached hydrogen (secondary N) is 2. The van der Waals surface area contributed by atoms with Crippen molar-refractivity contribution in [1.29, 1.82) is 0 Å². The molecule has 0 spiro atoms. The van der Waals surface area contributed by atoms with Crippen molar-refractivity contribution < 1.29 is 14.3 Å². The second-order valence-electron chi connectivity index (χ2n) is 5.86. The van der Waals surface area contributed by atoms with Gasteiger partial charge in [0.05, 0.1) is 26.2 Å². The van der Waals surface area contributed by atoms with Crippen molar-refractivity contribution in [2.75, 3.05) is 36.6 Å². The highest BCUT2D eigenvalue weighted by atomic mass is 32.2. The number of thioether (sulfide) groups is 1. The number of nitrogens with two attached hydrogens (primary N) is 1. The van der Waals surface area contributed by atoms with E-state index in [-0.39, 0.29) is 17.6 Å². The zero-order valence-corrected chi connectivity index (χ0v) is 17.2. The van der Waals surface area contributed by atoms with Crippen LogP contribution in [0.25, 0.3) is 0 Å². The van der Waals surface area contributed by atoms with Gasteiger partial charge in [-0.2, -0.15) is 5.10 Å². The van der Waals surface area contributed by atoms with Gasteiger partial charge in [-0.15, -0.1) is 10.2 Å². The number of benzene rings is 2. The SMILES string of the molecule is COc1ccc(NC(=O)CSc2nnc(N/N=C/c3ccccc3)n2N)cc1OC. The molecule has 4 N–H and O–H groups in total. The van der Waals surface area contributed by atoms with Gasteiger partial charge in [-0.1, -0.05) is 42.1 Å². The molecule has 1 amide bonds. The molecule has 3 rings (SSSR count). The fraction of sp³-hybridized carbons (Fsp3) is 0.158. The first-order valence-electron chi connectivity index (χ1n) is 8.80. The summed E-state index contributed by atoms with van der Waals surface area (Å²) in [4.78, 5) is 12.2. The van der Waals surface area contributed by atoms with E-state index in [1.807, 2.05) is 30.3 Å². The largest absolute Gasteiger partial charge is 0.493 e. The van der Waals surface area contributed by atoms with E-state index in [2.05, 4.69) is 26.0 Å². The molecule has 0 aliphatic heterocycles. The first-order chi connectivity index (χ1) is 14.6. The number of anilines is 2.